The fourth-order valence-electron chi connectivity index (χ4n) is 5.83. The van der Waals surface area contributed by atoms with Crippen LogP contribution in [0.4, 0.5) is 28.4 Å². The normalized spacial score (nSPS) is 11.7. The van der Waals surface area contributed by atoms with E-state index in [0.717, 1.165) is 5.69 Å². The summed E-state index contributed by atoms with van der Waals surface area (Å²) in [7, 11) is 2.13. The Kier molecular flexibility index (Phi) is 7.27. The van der Waals surface area contributed by atoms with Gasteiger partial charge in [0.2, 0.25) is 0 Å². The first kappa shape index (κ1) is 26.5. The Bertz CT molecular complexity index is 1960. The monoisotopic (exact) mass is 553 g/mol. The zero-order valence-electron chi connectivity index (χ0n) is 24.2. The van der Waals surface area contributed by atoms with E-state index in [9.17, 15) is 0 Å². The fraction of sp³-hybridized carbons (Fsp3) is 0.0244. The van der Waals surface area contributed by atoms with Crippen molar-refractivity contribution < 1.29 is 4.90 Å². The predicted molar refractivity (Wildman–Crippen MR) is 182 cm³/mol. The number of nitrogens with zero attached hydrogens (tertiary/aromatic N) is 1. The summed E-state index contributed by atoms with van der Waals surface area (Å²) in [5, 5.41) is 2.51. The molecule has 0 spiro atoms. The predicted octanol–water partition coefficient (Wildman–Crippen LogP) is 10.1. The summed E-state index contributed by atoms with van der Waals surface area (Å²) in [6.07, 6.45) is 0. The molecule has 43 heavy (non-hydrogen) atoms. The van der Waals surface area contributed by atoms with Crippen LogP contribution in [0.15, 0.2) is 176 Å². The van der Waals surface area contributed by atoms with Gasteiger partial charge in [-0.15, -0.1) is 0 Å². The van der Waals surface area contributed by atoms with Gasteiger partial charge in [-0.25, -0.2) is 4.90 Å². The third-order valence-electron chi connectivity index (χ3n) is 8.20. The molecule has 0 aromatic heterocycles. The van der Waals surface area contributed by atoms with Gasteiger partial charge in [0.05, 0.1) is 0 Å². The Hall–Kier alpha value is -5.44. The lowest BCUT2D eigenvalue weighted by Gasteiger charge is -2.21. The average Bonchev–Trinajstić information content (AvgIpc) is 3.09. The molecule has 1 atom stereocenters. The van der Waals surface area contributed by atoms with Crippen molar-refractivity contribution in [3.8, 4) is 22.3 Å². The Morgan fingerprint density at radius 2 is 0.860 bits per heavy atom. The summed E-state index contributed by atoms with van der Waals surface area (Å²) in [4.78, 5) is 3.47. The van der Waals surface area contributed by atoms with E-state index < -0.39 is 0 Å². The molecule has 0 amide bonds. The van der Waals surface area contributed by atoms with Gasteiger partial charge in [0, 0.05) is 36.6 Å². The Morgan fingerprint density at radius 1 is 0.349 bits per heavy atom. The Balaban J connectivity index is 1.17. The van der Waals surface area contributed by atoms with E-state index >= 15 is 0 Å². The molecule has 0 radical (unpaired) electrons. The molecule has 1 unspecified atom stereocenters. The molecule has 0 saturated carbocycles. The van der Waals surface area contributed by atoms with Gasteiger partial charge >= 0.3 is 0 Å². The zero-order valence-corrected chi connectivity index (χ0v) is 24.2. The van der Waals surface area contributed by atoms with E-state index in [2.05, 4.69) is 188 Å². The summed E-state index contributed by atoms with van der Waals surface area (Å²) in [6, 6.07) is 63.1. The number of benzene rings is 7. The maximum absolute atomic E-state index is 2.30. The minimum atomic E-state index is 1.16. The Morgan fingerprint density at radius 3 is 1.58 bits per heavy atom. The maximum atomic E-state index is 2.30. The maximum Gasteiger partial charge on any atom is 0.141 e. The lowest BCUT2D eigenvalue weighted by atomic mass is 10.0. The molecular formula is C41H33N2+. The number of anilines is 2. The molecule has 0 aliphatic heterocycles. The highest BCUT2D eigenvalue weighted by Crippen LogP contribution is 2.30. The first-order valence-corrected chi connectivity index (χ1v) is 14.7. The van der Waals surface area contributed by atoms with Gasteiger partial charge in [0.15, 0.2) is 0 Å². The SMILES string of the molecule is CN(c1ccc(-c2ccc([NH+](c3ccccc3)c3cccc(-c4ccccc4)c3)cc2)cc1)c1ccc2ccccc2c1. The largest absolute Gasteiger partial charge is 0.345 e. The molecule has 0 aliphatic rings. The van der Waals surface area contributed by atoms with Crippen LogP contribution in [0, 0.1) is 0 Å². The fourth-order valence-corrected chi connectivity index (χ4v) is 5.83. The second-order valence-corrected chi connectivity index (χ2v) is 10.9. The van der Waals surface area contributed by atoms with Crippen molar-refractivity contribution in [1.29, 1.82) is 0 Å². The van der Waals surface area contributed by atoms with Crippen LogP contribution in [0.1, 0.15) is 0 Å². The number of fused-ring (bicyclic) bond motifs is 1. The molecule has 1 N–H and O–H groups in total. The van der Waals surface area contributed by atoms with Crippen molar-refractivity contribution in [2.75, 3.05) is 11.9 Å². The number of hydrogen-bond acceptors (Lipinski definition) is 1. The second kappa shape index (κ2) is 11.8. The summed E-state index contributed by atoms with van der Waals surface area (Å²) in [5.74, 6) is 0. The minimum absolute atomic E-state index is 1.16. The van der Waals surface area contributed by atoms with Crippen molar-refractivity contribution in [3.63, 3.8) is 0 Å². The lowest BCUT2D eigenvalue weighted by Crippen LogP contribution is -2.96. The van der Waals surface area contributed by atoms with Crippen molar-refractivity contribution >= 4 is 39.2 Å². The summed E-state index contributed by atoms with van der Waals surface area (Å²) >= 11 is 0. The van der Waals surface area contributed by atoms with Gasteiger partial charge in [-0.1, -0.05) is 103 Å². The highest BCUT2D eigenvalue weighted by atomic mass is 15.1. The minimum Gasteiger partial charge on any atom is -0.345 e. The third-order valence-corrected chi connectivity index (χ3v) is 8.20. The highest BCUT2D eigenvalue weighted by Gasteiger charge is 2.19. The molecule has 0 aliphatic carbocycles. The topological polar surface area (TPSA) is 7.68 Å². The van der Waals surface area contributed by atoms with E-state index in [-0.39, 0.29) is 0 Å². The smallest absolute Gasteiger partial charge is 0.141 e. The van der Waals surface area contributed by atoms with Crippen molar-refractivity contribution in [2.24, 2.45) is 0 Å². The molecule has 0 heterocycles. The first-order chi connectivity index (χ1) is 21.2. The van der Waals surface area contributed by atoms with Gasteiger partial charge in [0.1, 0.15) is 17.1 Å². The van der Waals surface area contributed by atoms with Gasteiger partial charge < -0.3 is 4.90 Å². The molecule has 0 fully saturated rings. The van der Waals surface area contributed by atoms with Crippen molar-refractivity contribution in [1.82, 2.24) is 0 Å². The van der Waals surface area contributed by atoms with E-state index in [4.69, 9.17) is 0 Å². The number of quaternary nitrogens is 1. The van der Waals surface area contributed by atoms with Crippen LogP contribution >= 0.6 is 0 Å². The molecular weight excluding hydrogens is 520 g/mol. The molecule has 0 bridgehead atoms. The number of para-hydroxylation sites is 1. The molecule has 0 saturated heterocycles. The standard InChI is InChI=1S/C41H32N2/c1-42(40-28-23-32-13-8-9-14-35(32)29-40)37-24-19-33(20-25-37)34-21-26-39(27-22-34)43(38-16-6-3-7-17-38)41-18-10-15-36(30-41)31-11-4-2-5-12-31/h2-30H,1H3/p+1. The van der Waals surface area contributed by atoms with E-state index in [1.165, 1.54) is 60.7 Å². The number of rotatable bonds is 7. The van der Waals surface area contributed by atoms with Gasteiger partial charge in [-0.3, -0.25) is 0 Å². The quantitative estimate of drug-likeness (QED) is 0.206. The number of nitrogens with one attached hydrogen (secondary N) is 1. The summed E-state index contributed by atoms with van der Waals surface area (Å²) in [6.45, 7) is 0. The van der Waals surface area contributed by atoms with Crippen LogP contribution in [-0.4, -0.2) is 7.05 Å². The average molecular weight is 554 g/mol. The summed E-state index contributed by atoms with van der Waals surface area (Å²) in [5.41, 5.74) is 10.8. The van der Waals surface area contributed by atoms with Gasteiger partial charge in [-0.05, 0) is 87.6 Å². The van der Waals surface area contributed by atoms with Crippen LogP contribution in [-0.2, 0) is 0 Å². The molecule has 206 valence electrons. The molecule has 2 nitrogen and oxygen atoms in total. The van der Waals surface area contributed by atoms with Crippen LogP contribution in [0.5, 0.6) is 0 Å². The number of hydrogen-bond donors (Lipinski definition) is 1. The van der Waals surface area contributed by atoms with Gasteiger partial charge in [0.25, 0.3) is 0 Å². The van der Waals surface area contributed by atoms with Crippen LogP contribution in [0.25, 0.3) is 33.0 Å². The molecule has 2 heteroatoms. The van der Waals surface area contributed by atoms with Crippen LogP contribution in [0.2, 0.25) is 0 Å². The first-order valence-electron chi connectivity index (χ1n) is 14.7. The molecule has 7 aromatic carbocycles. The van der Waals surface area contributed by atoms with Crippen LogP contribution in [0.3, 0.4) is 0 Å². The Labute approximate surface area is 253 Å². The van der Waals surface area contributed by atoms with Crippen LogP contribution < -0.4 is 9.80 Å². The molecule has 7 rings (SSSR count). The van der Waals surface area contributed by atoms with Gasteiger partial charge in [-0.2, -0.15) is 0 Å². The summed E-state index contributed by atoms with van der Waals surface area (Å²) < 4.78 is 0. The zero-order chi connectivity index (χ0) is 29.0. The van der Waals surface area contributed by atoms with Crippen molar-refractivity contribution in [3.05, 3.63) is 176 Å². The van der Waals surface area contributed by atoms with E-state index in [1.807, 2.05) is 0 Å². The lowest BCUT2D eigenvalue weighted by molar-refractivity contribution is -0.681. The second-order valence-electron chi connectivity index (χ2n) is 10.9. The van der Waals surface area contributed by atoms with E-state index in [1.54, 1.807) is 0 Å². The highest BCUT2D eigenvalue weighted by molar-refractivity contribution is 5.87. The van der Waals surface area contributed by atoms with Crippen molar-refractivity contribution in [2.45, 2.75) is 0 Å². The van der Waals surface area contributed by atoms with E-state index in [0.29, 0.717) is 0 Å². The molecule has 7 aromatic rings. The third kappa shape index (κ3) is 5.57.